The molecule has 0 saturated carbocycles. The lowest BCUT2D eigenvalue weighted by atomic mass is 10.2. The molecule has 2 rings (SSSR count). The summed E-state index contributed by atoms with van der Waals surface area (Å²) in [5, 5.41) is 2.87. The molecule has 0 amide bonds. The minimum Gasteiger partial charge on any atom is -0.423 e. The lowest BCUT2D eigenvalue weighted by molar-refractivity contribution is -0.129. The Labute approximate surface area is 93.7 Å². The molecule has 1 aromatic carbocycles. The fourth-order valence-electron chi connectivity index (χ4n) is 1.25. The number of carbonyl (C=O) groups is 1. The van der Waals surface area contributed by atoms with Gasteiger partial charge in [-0.15, -0.1) is 0 Å². The van der Waals surface area contributed by atoms with Crippen LogP contribution in [-0.4, -0.2) is 5.97 Å². The molecule has 0 atom stereocenters. The van der Waals surface area contributed by atoms with Crippen molar-refractivity contribution in [2.75, 3.05) is 0 Å². The maximum Gasteiger partial charge on any atom is 0.343 e. The van der Waals surface area contributed by atoms with Crippen LogP contribution in [0.5, 0.6) is 5.75 Å². The second-order valence-electron chi connectivity index (χ2n) is 3.18. The third kappa shape index (κ3) is 2.60. The van der Waals surface area contributed by atoms with Crippen molar-refractivity contribution in [2.24, 2.45) is 0 Å². The zero-order chi connectivity index (χ0) is 11.2. The second kappa shape index (κ2) is 4.98. The number of benzene rings is 1. The first-order chi connectivity index (χ1) is 7.86. The van der Waals surface area contributed by atoms with E-state index >= 15 is 0 Å². The lowest BCUT2D eigenvalue weighted by Gasteiger charge is -2.03. The highest BCUT2D eigenvalue weighted by atomic mass is 16.5. The number of carbonyl (C=O) groups excluding carboxylic acids is 1. The molecule has 16 heavy (non-hydrogen) atoms. The minimum absolute atomic E-state index is 0.365. The Balaban J connectivity index is 2.09. The van der Waals surface area contributed by atoms with E-state index < -0.39 is 0 Å². The van der Waals surface area contributed by atoms with Crippen LogP contribution in [0.2, 0.25) is 0 Å². The summed E-state index contributed by atoms with van der Waals surface area (Å²) in [5.74, 6) is 0.179. The Hall–Kier alpha value is -2.29. The summed E-state index contributed by atoms with van der Waals surface area (Å²) in [6, 6.07) is 9.00. The third-order valence-electron chi connectivity index (χ3n) is 2.02. The van der Waals surface area contributed by atoms with Crippen molar-refractivity contribution in [3.63, 3.8) is 0 Å². The number of hydrogen-bond acceptors (Lipinski definition) is 3. The quantitative estimate of drug-likeness (QED) is 0.604. The van der Waals surface area contributed by atoms with Crippen LogP contribution in [0.1, 0.15) is 0 Å². The SMILES string of the molecule is O=C(Oc1ccccc1)C1=CC=CNC=C1. The van der Waals surface area contributed by atoms with Gasteiger partial charge in [-0.25, -0.2) is 4.79 Å². The van der Waals surface area contributed by atoms with Gasteiger partial charge in [0.25, 0.3) is 0 Å². The van der Waals surface area contributed by atoms with Gasteiger partial charge < -0.3 is 10.1 Å². The molecule has 0 bridgehead atoms. The van der Waals surface area contributed by atoms with Crippen molar-refractivity contribution < 1.29 is 9.53 Å². The fourth-order valence-corrected chi connectivity index (χ4v) is 1.25. The molecule has 1 aliphatic heterocycles. The van der Waals surface area contributed by atoms with Crippen LogP contribution in [-0.2, 0) is 4.79 Å². The van der Waals surface area contributed by atoms with E-state index in [9.17, 15) is 4.79 Å². The second-order valence-corrected chi connectivity index (χ2v) is 3.18. The predicted octanol–water partition coefficient (Wildman–Crippen LogP) is 2.15. The Morgan fingerprint density at radius 1 is 1.12 bits per heavy atom. The molecule has 1 heterocycles. The van der Waals surface area contributed by atoms with Crippen LogP contribution in [0.15, 0.2) is 66.5 Å². The molecule has 3 heteroatoms. The van der Waals surface area contributed by atoms with E-state index in [1.54, 1.807) is 42.8 Å². The average Bonchev–Trinajstić information content (AvgIpc) is 2.59. The molecule has 80 valence electrons. The topological polar surface area (TPSA) is 38.3 Å². The molecule has 1 aliphatic rings. The Kier molecular flexibility index (Phi) is 3.18. The molecule has 3 nitrogen and oxygen atoms in total. The van der Waals surface area contributed by atoms with E-state index in [2.05, 4.69) is 5.32 Å². The Morgan fingerprint density at radius 2 is 1.94 bits per heavy atom. The van der Waals surface area contributed by atoms with Crippen LogP contribution in [0.4, 0.5) is 0 Å². The summed E-state index contributed by atoms with van der Waals surface area (Å²) < 4.78 is 5.19. The molecule has 0 aliphatic carbocycles. The van der Waals surface area contributed by atoms with E-state index in [4.69, 9.17) is 4.74 Å². The minimum atomic E-state index is -0.365. The highest BCUT2D eigenvalue weighted by molar-refractivity contribution is 5.93. The van der Waals surface area contributed by atoms with Crippen molar-refractivity contribution >= 4 is 5.97 Å². The van der Waals surface area contributed by atoms with E-state index in [0.717, 1.165) is 0 Å². The van der Waals surface area contributed by atoms with E-state index in [1.165, 1.54) is 0 Å². The number of ether oxygens (including phenoxy) is 1. The summed E-state index contributed by atoms with van der Waals surface area (Å²) in [6.45, 7) is 0. The smallest absolute Gasteiger partial charge is 0.343 e. The van der Waals surface area contributed by atoms with Crippen LogP contribution in [0, 0.1) is 0 Å². The van der Waals surface area contributed by atoms with Gasteiger partial charge in [-0.2, -0.15) is 0 Å². The number of para-hydroxylation sites is 1. The fraction of sp³-hybridized carbons (Fsp3) is 0. The van der Waals surface area contributed by atoms with Gasteiger partial charge in [0.05, 0.1) is 5.57 Å². The van der Waals surface area contributed by atoms with Gasteiger partial charge in [0.1, 0.15) is 5.75 Å². The predicted molar refractivity (Wildman–Crippen MR) is 61.6 cm³/mol. The van der Waals surface area contributed by atoms with Gasteiger partial charge in [0.2, 0.25) is 0 Å². The van der Waals surface area contributed by atoms with Gasteiger partial charge in [0.15, 0.2) is 0 Å². The number of esters is 1. The van der Waals surface area contributed by atoms with Gasteiger partial charge in [-0.1, -0.05) is 18.2 Å². The van der Waals surface area contributed by atoms with Crippen molar-refractivity contribution in [2.45, 2.75) is 0 Å². The molecular formula is C13H11NO2. The Morgan fingerprint density at radius 3 is 2.75 bits per heavy atom. The highest BCUT2D eigenvalue weighted by Crippen LogP contribution is 2.12. The molecule has 0 radical (unpaired) electrons. The molecule has 0 saturated heterocycles. The van der Waals surface area contributed by atoms with Crippen molar-refractivity contribution in [3.05, 3.63) is 66.5 Å². The molecule has 0 fully saturated rings. The third-order valence-corrected chi connectivity index (χ3v) is 2.02. The molecule has 0 unspecified atom stereocenters. The van der Waals surface area contributed by atoms with Gasteiger partial charge in [-0.05, 0) is 30.4 Å². The normalized spacial score (nSPS) is 13.6. The molecule has 1 N–H and O–H groups in total. The largest absolute Gasteiger partial charge is 0.423 e. The summed E-state index contributed by atoms with van der Waals surface area (Å²) in [6.07, 6.45) is 8.54. The van der Waals surface area contributed by atoms with E-state index in [1.807, 2.05) is 18.2 Å². The van der Waals surface area contributed by atoms with Crippen molar-refractivity contribution in [1.29, 1.82) is 0 Å². The maximum atomic E-state index is 11.7. The number of allylic oxidation sites excluding steroid dienone is 2. The number of nitrogens with one attached hydrogen (secondary N) is 1. The van der Waals surface area contributed by atoms with Crippen molar-refractivity contribution in [1.82, 2.24) is 5.32 Å². The maximum absolute atomic E-state index is 11.7. The Bertz CT molecular complexity index is 458. The summed E-state index contributed by atoms with van der Waals surface area (Å²) in [7, 11) is 0. The summed E-state index contributed by atoms with van der Waals surface area (Å²) in [5.41, 5.74) is 0.505. The van der Waals surface area contributed by atoms with Crippen LogP contribution >= 0.6 is 0 Å². The van der Waals surface area contributed by atoms with Gasteiger partial charge in [0, 0.05) is 12.4 Å². The van der Waals surface area contributed by atoms with Gasteiger partial charge in [-0.3, -0.25) is 0 Å². The van der Waals surface area contributed by atoms with Crippen molar-refractivity contribution in [3.8, 4) is 5.75 Å². The lowest BCUT2D eigenvalue weighted by Crippen LogP contribution is -2.09. The van der Waals surface area contributed by atoms with Gasteiger partial charge >= 0.3 is 5.97 Å². The monoisotopic (exact) mass is 213 g/mol. The first-order valence-corrected chi connectivity index (χ1v) is 4.93. The zero-order valence-electron chi connectivity index (χ0n) is 8.59. The number of hydrogen-bond donors (Lipinski definition) is 1. The van der Waals surface area contributed by atoms with Crippen LogP contribution in [0.25, 0.3) is 0 Å². The zero-order valence-corrected chi connectivity index (χ0v) is 8.59. The standard InChI is InChI=1S/C13H11NO2/c15-13(11-5-4-9-14-10-8-11)16-12-6-2-1-3-7-12/h1-10,14H. The molecule has 1 aromatic rings. The number of rotatable bonds is 2. The van der Waals surface area contributed by atoms with E-state index in [0.29, 0.717) is 11.3 Å². The van der Waals surface area contributed by atoms with E-state index in [-0.39, 0.29) is 5.97 Å². The van der Waals surface area contributed by atoms with Crippen LogP contribution in [0.3, 0.4) is 0 Å². The highest BCUT2D eigenvalue weighted by Gasteiger charge is 2.08. The summed E-state index contributed by atoms with van der Waals surface area (Å²) in [4.78, 5) is 11.7. The summed E-state index contributed by atoms with van der Waals surface area (Å²) >= 11 is 0. The van der Waals surface area contributed by atoms with Crippen LogP contribution < -0.4 is 10.1 Å². The molecular weight excluding hydrogens is 202 g/mol. The molecule has 0 aromatic heterocycles. The first kappa shape index (κ1) is 10.2. The first-order valence-electron chi connectivity index (χ1n) is 4.93. The molecule has 0 spiro atoms. The average molecular weight is 213 g/mol.